The smallest absolute Gasteiger partial charge is 0.181 e. The minimum absolute atomic E-state index is 0.386. The SMILES string of the molecule is COc1cc(F)cc(-c2ccnc3nc(-c4[nH]nc5ncc(-c6cnn(C)c6)cc45)[nH]c23)c1. The number of hydrogen-bond acceptors (Lipinski definition) is 6. The summed E-state index contributed by atoms with van der Waals surface area (Å²) in [6, 6.07) is 8.37. The van der Waals surface area contributed by atoms with Crippen molar-refractivity contribution in [2.45, 2.75) is 0 Å². The fraction of sp³-hybridized carbons (Fsp3) is 0.0870. The van der Waals surface area contributed by atoms with Crippen molar-refractivity contribution >= 4 is 22.2 Å². The summed E-state index contributed by atoms with van der Waals surface area (Å²) < 4.78 is 21.1. The third kappa shape index (κ3) is 3.19. The molecule has 1 aromatic carbocycles. The van der Waals surface area contributed by atoms with E-state index < -0.39 is 0 Å². The van der Waals surface area contributed by atoms with E-state index in [0.717, 1.165) is 22.1 Å². The lowest BCUT2D eigenvalue weighted by molar-refractivity contribution is 0.411. The number of methoxy groups -OCH3 is 1. The second-order valence-electron chi connectivity index (χ2n) is 7.62. The normalized spacial score (nSPS) is 11.5. The van der Waals surface area contributed by atoms with Crippen molar-refractivity contribution in [3.63, 3.8) is 0 Å². The maximum atomic E-state index is 14.1. The van der Waals surface area contributed by atoms with Crippen molar-refractivity contribution in [1.82, 2.24) is 39.9 Å². The number of halogens is 1. The van der Waals surface area contributed by atoms with E-state index in [1.165, 1.54) is 19.2 Å². The highest BCUT2D eigenvalue weighted by Gasteiger charge is 2.17. The molecular weight excluding hydrogens is 423 g/mol. The van der Waals surface area contributed by atoms with Crippen LogP contribution in [0.15, 0.2) is 55.1 Å². The van der Waals surface area contributed by atoms with Crippen LogP contribution in [0.3, 0.4) is 0 Å². The highest BCUT2D eigenvalue weighted by molar-refractivity contribution is 5.96. The van der Waals surface area contributed by atoms with Crippen LogP contribution in [-0.4, -0.2) is 47.0 Å². The van der Waals surface area contributed by atoms with Crippen LogP contribution in [0, 0.1) is 5.82 Å². The number of pyridine rings is 2. The van der Waals surface area contributed by atoms with Crippen LogP contribution in [0.5, 0.6) is 5.75 Å². The minimum atomic E-state index is -0.386. The molecule has 6 aromatic rings. The van der Waals surface area contributed by atoms with Gasteiger partial charge in [-0.15, -0.1) is 0 Å². The molecule has 0 spiro atoms. The van der Waals surface area contributed by atoms with E-state index in [1.54, 1.807) is 29.3 Å². The summed E-state index contributed by atoms with van der Waals surface area (Å²) in [6.07, 6.45) is 7.12. The molecule has 0 saturated heterocycles. The van der Waals surface area contributed by atoms with E-state index in [9.17, 15) is 4.39 Å². The molecule has 0 atom stereocenters. The molecule has 0 bridgehead atoms. The Hall–Kier alpha value is -4.60. The molecule has 0 unspecified atom stereocenters. The molecule has 0 radical (unpaired) electrons. The van der Waals surface area contributed by atoms with Crippen molar-refractivity contribution in [3.8, 4) is 39.5 Å². The Labute approximate surface area is 186 Å². The summed E-state index contributed by atoms with van der Waals surface area (Å²) >= 11 is 0. The summed E-state index contributed by atoms with van der Waals surface area (Å²) in [7, 11) is 3.37. The number of nitrogens with one attached hydrogen (secondary N) is 2. The summed E-state index contributed by atoms with van der Waals surface area (Å²) in [5.74, 6) is 0.604. The first-order valence-corrected chi connectivity index (χ1v) is 10.1. The standard InChI is InChI=1S/C23H17FN8O/c1-32-11-14(10-27-32)13-7-18-20(30-31-21(18)26-9-13)23-28-19-17(3-4-25-22(19)29-23)12-5-15(24)8-16(6-12)33-2/h3-11H,1-2H3,(H,25,28,29)(H,26,30,31). The van der Waals surface area contributed by atoms with Gasteiger partial charge >= 0.3 is 0 Å². The van der Waals surface area contributed by atoms with Crippen LogP contribution in [0.4, 0.5) is 4.39 Å². The van der Waals surface area contributed by atoms with Gasteiger partial charge in [0.1, 0.15) is 17.3 Å². The summed E-state index contributed by atoms with van der Waals surface area (Å²) in [5.41, 5.74) is 5.72. The van der Waals surface area contributed by atoms with Gasteiger partial charge < -0.3 is 9.72 Å². The molecule has 5 heterocycles. The van der Waals surface area contributed by atoms with E-state index in [4.69, 9.17) is 4.74 Å². The van der Waals surface area contributed by atoms with Crippen LogP contribution >= 0.6 is 0 Å². The summed E-state index contributed by atoms with van der Waals surface area (Å²) in [4.78, 5) is 16.8. The Balaban J connectivity index is 1.50. The predicted molar refractivity (Wildman–Crippen MR) is 121 cm³/mol. The molecule has 9 nitrogen and oxygen atoms in total. The molecule has 162 valence electrons. The molecule has 5 aromatic heterocycles. The lowest BCUT2D eigenvalue weighted by atomic mass is 10.1. The predicted octanol–water partition coefficient (Wildman–Crippen LogP) is 4.11. The Morgan fingerprint density at radius 2 is 1.91 bits per heavy atom. The highest BCUT2D eigenvalue weighted by Crippen LogP contribution is 2.33. The number of aryl methyl sites for hydroxylation is 1. The van der Waals surface area contributed by atoms with Crippen molar-refractivity contribution in [3.05, 3.63) is 60.9 Å². The zero-order valence-electron chi connectivity index (χ0n) is 17.7. The Morgan fingerprint density at radius 1 is 1.00 bits per heavy atom. The van der Waals surface area contributed by atoms with Gasteiger partial charge in [-0.25, -0.2) is 19.3 Å². The fourth-order valence-corrected chi connectivity index (χ4v) is 3.91. The topological polar surface area (TPSA) is 110 Å². The number of aromatic amines is 2. The molecule has 0 saturated carbocycles. The highest BCUT2D eigenvalue weighted by atomic mass is 19.1. The maximum Gasteiger partial charge on any atom is 0.181 e. The van der Waals surface area contributed by atoms with Crippen molar-refractivity contribution in [2.75, 3.05) is 7.11 Å². The largest absolute Gasteiger partial charge is 0.497 e. The van der Waals surface area contributed by atoms with E-state index in [0.29, 0.717) is 39.6 Å². The van der Waals surface area contributed by atoms with Gasteiger partial charge in [-0.2, -0.15) is 10.2 Å². The first-order valence-electron chi connectivity index (χ1n) is 10.1. The first kappa shape index (κ1) is 19.1. The maximum absolute atomic E-state index is 14.1. The molecule has 2 N–H and O–H groups in total. The second kappa shape index (κ2) is 7.23. The molecule has 6 rings (SSSR count). The number of imidazole rings is 1. The fourth-order valence-electron chi connectivity index (χ4n) is 3.91. The van der Waals surface area contributed by atoms with E-state index >= 15 is 0 Å². The van der Waals surface area contributed by atoms with Crippen LogP contribution in [-0.2, 0) is 7.05 Å². The third-order valence-corrected chi connectivity index (χ3v) is 5.49. The van der Waals surface area contributed by atoms with Gasteiger partial charge in [0, 0.05) is 48.4 Å². The molecule has 0 aliphatic carbocycles. The molecule has 0 amide bonds. The lowest BCUT2D eigenvalue weighted by Gasteiger charge is -2.06. The number of rotatable bonds is 4. The van der Waals surface area contributed by atoms with Crippen molar-refractivity contribution < 1.29 is 9.13 Å². The Morgan fingerprint density at radius 3 is 2.73 bits per heavy atom. The number of H-pyrrole nitrogens is 2. The quantitative estimate of drug-likeness (QED) is 0.427. The van der Waals surface area contributed by atoms with Gasteiger partial charge in [0.25, 0.3) is 0 Å². The molecule has 0 fully saturated rings. The van der Waals surface area contributed by atoms with Crippen LogP contribution in [0.2, 0.25) is 0 Å². The molecular formula is C23H17FN8O. The lowest BCUT2D eigenvalue weighted by Crippen LogP contribution is -1.88. The van der Waals surface area contributed by atoms with E-state index in [-0.39, 0.29) is 5.82 Å². The zero-order valence-corrected chi connectivity index (χ0v) is 17.7. The van der Waals surface area contributed by atoms with Crippen LogP contribution in [0.1, 0.15) is 0 Å². The third-order valence-electron chi connectivity index (χ3n) is 5.49. The number of benzene rings is 1. The van der Waals surface area contributed by atoms with Gasteiger partial charge in [0.2, 0.25) is 0 Å². The zero-order chi connectivity index (χ0) is 22.5. The van der Waals surface area contributed by atoms with Crippen molar-refractivity contribution in [2.24, 2.45) is 7.05 Å². The first-order chi connectivity index (χ1) is 16.1. The molecule has 0 aliphatic heterocycles. The molecule has 0 aliphatic rings. The van der Waals surface area contributed by atoms with E-state index in [1.807, 2.05) is 25.4 Å². The van der Waals surface area contributed by atoms with Gasteiger partial charge in [0.05, 0.1) is 24.2 Å². The summed E-state index contributed by atoms with van der Waals surface area (Å²) in [6.45, 7) is 0. The average Bonchev–Trinajstić information content (AvgIpc) is 3.55. The Kier molecular flexibility index (Phi) is 4.19. The Bertz CT molecular complexity index is 1650. The number of fused-ring (bicyclic) bond motifs is 2. The number of ether oxygens (including phenoxy) is 1. The van der Waals surface area contributed by atoms with Crippen LogP contribution in [0.25, 0.3) is 56.0 Å². The van der Waals surface area contributed by atoms with E-state index in [2.05, 4.69) is 35.2 Å². The van der Waals surface area contributed by atoms with Gasteiger partial charge in [0.15, 0.2) is 17.1 Å². The second-order valence-corrected chi connectivity index (χ2v) is 7.62. The molecule has 33 heavy (non-hydrogen) atoms. The number of hydrogen-bond donors (Lipinski definition) is 2. The molecule has 10 heteroatoms. The number of nitrogens with zero attached hydrogens (tertiary/aromatic N) is 6. The summed E-state index contributed by atoms with van der Waals surface area (Å²) in [5, 5.41) is 12.4. The van der Waals surface area contributed by atoms with Crippen LogP contribution < -0.4 is 4.74 Å². The van der Waals surface area contributed by atoms with Gasteiger partial charge in [-0.3, -0.25) is 9.78 Å². The minimum Gasteiger partial charge on any atom is -0.497 e. The average molecular weight is 440 g/mol. The van der Waals surface area contributed by atoms with Crippen molar-refractivity contribution in [1.29, 1.82) is 0 Å². The monoisotopic (exact) mass is 440 g/mol. The van der Waals surface area contributed by atoms with Gasteiger partial charge in [-0.05, 0) is 29.8 Å². The number of aromatic nitrogens is 8. The van der Waals surface area contributed by atoms with Gasteiger partial charge in [-0.1, -0.05) is 0 Å².